The highest BCUT2D eigenvalue weighted by Crippen LogP contribution is 2.27. The van der Waals surface area contributed by atoms with Crippen LogP contribution in [0.2, 0.25) is 0 Å². The topological polar surface area (TPSA) is 73.8 Å². The Morgan fingerprint density at radius 3 is 2.73 bits per heavy atom. The molecular weight excluding hydrogens is 392 g/mol. The maximum Gasteiger partial charge on any atom is 0.251 e. The average Bonchev–Trinajstić information content (AvgIpc) is 2.99. The van der Waals surface area contributed by atoms with E-state index in [0.29, 0.717) is 11.3 Å². The van der Waals surface area contributed by atoms with Crippen LogP contribution in [0.1, 0.15) is 10.4 Å². The second-order valence-corrected chi connectivity index (χ2v) is 6.89. The van der Waals surface area contributed by atoms with Crippen LogP contribution < -0.4 is 5.73 Å². The molecule has 2 N–H and O–H groups in total. The van der Waals surface area contributed by atoms with Gasteiger partial charge in [-0.3, -0.25) is 9.78 Å². The van der Waals surface area contributed by atoms with E-state index in [9.17, 15) is 4.79 Å². The molecule has 0 aliphatic rings. The molecule has 0 aliphatic carbocycles. The van der Waals surface area contributed by atoms with Gasteiger partial charge in [-0.25, -0.2) is 0 Å². The van der Waals surface area contributed by atoms with Gasteiger partial charge < -0.3 is 5.73 Å². The molecule has 4 rings (SSSR count). The number of hydrogen-bond acceptors (Lipinski definition) is 4. The summed E-state index contributed by atoms with van der Waals surface area (Å²) in [6.07, 6.45) is 3.77. The van der Waals surface area contributed by atoms with Crippen LogP contribution in [-0.4, -0.2) is 20.7 Å². The Balaban J connectivity index is 1.71. The monoisotopic (exact) mass is 406 g/mol. The fraction of sp³-hybridized carbons (Fsp3) is 0.0500. The first-order valence-electron chi connectivity index (χ1n) is 8.08. The predicted molar refractivity (Wildman–Crippen MR) is 106 cm³/mol. The number of pyridine rings is 1. The molecule has 2 heterocycles. The van der Waals surface area contributed by atoms with Crippen molar-refractivity contribution in [1.29, 1.82) is 0 Å². The lowest BCUT2D eigenvalue weighted by molar-refractivity contribution is 0.0904. The van der Waals surface area contributed by atoms with E-state index in [4.69, 9.17) is 5.73 Å². The molecule has 0 bridgehead atoms. The third kappa shape index (κ3) is 3.11. The number of nitrogens with two attached hydrogens (primary N) is 1. The van der Waals surface area contributed by atoms with Gasteiger partial charge in [0.05, 0.1) is 11.9 Å². The Bertz CT molecular complexity index is 1110. The molecule has 0 aliphatic heterocycles. The van der Waals surface area contributed by atoms with Crippen molar-refractivity contribution in [3.8, 4) is 11.1 Å². The molecule has 26 heavy (non-hydrogen) atoms. The van der Waals surface area contributed by atoms with Crippen molar-refractivity contribution in [3.63, 3.8) is 0 Å². The van der Waals surface area contributed by atoms with Crippen LogP contribution in [0.3, 0.4) is 0 Å². The zero-order valence-electron chi connectivity index (χ0n) is 13.8. The van der Waals surface area contributed by atoms with Crippen molar-refractivity contribution in [1.82, 2.24) is 14.8 Å². The average molecular weight is 407 g/mol. The largest absolute Gasteiger partial charge is 0.382 e. The first-order valence-corrected chi connectivity index (χ1v) is 8.87. The molecule has 2 aromatic carbocycles. The Hall–Kier alpha value is -2.99. The van der Waals surface area contributed by atoms with Crippen LogP contribution in [0.5, 0.6) is 0 Å². The summed E-state index contributed by atoms with van der Waals surface area (Å²) in [6.45, 7) is 0. The Morgan fingerprint density at radius 2 is 1.96 bits per heavy atom. The lowest BCUT2D eigenvalue weighted by Crippen LogP contribution is -2.15. The van der Waals surface area contributed by atoms with Gasteiger partial charge in [-0.15, -0.1) is 5.10 Å². The second-order valence-electron chi connectivity index (χ2n) is 5.97. The van der Waals surface area contributed by atoms with Gasteiger partial charge in [0.1, 0.15) is 0 Å². The number of carbonyl (C=O) groups excluding carboxylic acids is 1. The highest BCUT2D eigenvalue weighted by Gasteiger charge is 2.15. The molecule has 0 radical (unpaired) electrons. The van der Waals surface area contributed by atoms with Crippen LogP contribution in [0.4, 0.5) is 5.82 Å². The maximum absolute atomic E-state index is 12.7. The van der Waals surface area contributed by atoms with Crippen molar-refractivity contribution in [2.24, 2.45) is 0 Å². The van der Waals surface area contributed by atoms with E-state index < -0.39 is 0 Å². The third-order valence-corrected chi connectivity index (χ3v) is 4.68. The first kappa shape index (κ1) is 16.5. The van der Waals surface area contributed by atoms with E-state index in [0.717, 1.165) is 26.5 Å². The fourth-order valence-corrected chi connectivity index (χ4v) is 3.39. The van der Waals surface area contributed by atoms with Gasteiger partial charge >= 0.3 is 0 Å². The predicted octanol–water partition coefficient (Wildman–Crippen LogP) is 4.33. The van der Waals surface area contributed by atoms with E-state index in [1.165, 1.54) is 4.68 Å². The minimum Gasteiger partial charge on any atom is -0.382 e. The van der Waals surface area contributed by atoms with Crippen LogP contribution in [0.25, 0.3) is 22.0 Å². The molecule has 128 valence electrons. The van der Waals surface area contributed by atoms with Crippen molar-refractivity contribution in [3.05, 3.63) is 77.0 Å². The minimum atomic E-state index is -0.126. The molecule has 0 fully saturated rings. The number of halogens is 1. The van der Waals surface area contributed by atoms with Gasteiger partial charge in [0, 0.05) is 27.8 Å². The van der Waals surface area contributed by atoms with Crippen molar-refractivity contribution in [2.75, 3.05) is 5.73 Å². The number of aromatic nitrogens is 3. The summed E-state index contributed by atoms with van der Waals surface area (Å²) >= 11 is 3.42. The van der Waals surface area contributed by atoms with E-state index in [-0.39, 0.29) is 12.3 Å². The number of fused-ring (bicyclic) bond motifs is 1. The van der Waals surface area contributed by atoms with Gasteiger partial charge in [-0.1, -0.05) is 40.2 Å². The zero-order chi connectivity index (χ0) is 18.1. The number of nitrogens with zero attached hydrogens (tertiary/aromatic N) is 3. The molecular formula is C20H15BrN4O. The molecule has 0 unspecified atom stereocenters. The van der Waals surface area contributed by atoms with Crippen LogP contribution in [0.15, 0.2) is 71.5 Å². The Labute approximate surface area is 158 Å². The van der Waals surface area contributed by atoms with Gasteiger partial charge in [-0.05, 0) is 41.5 Å². The summed E-state index contributed by atoms with van der Waals surface area (Å²) in [7, 11) is 0. The third-order valence-electron chi connectivity index (χ3n) is 4.18. The Kier molecular flexibility index (Phi) is 4.26. The summed E-state index contributed by atoms with van der Waals surface area (Å²) in [5.41, 5.74) is 9.66. The molecule has 0 saturated carbocycles. The fourth-order valence-electron chi connectivity index (χ4n) is 2.94. The number of carbonyl (C=O) groups is 1. The van der Waals surface area contributed by atoms with E-state index in [1.54, 1.807) is 12.4 Å². The number of nitrogen functional groups attached to an aromatic ring is 1. The summed E-state index contributed by atoms with van der Waals surface area (Å²) in [6, 6.07) is 17.3. The molecule has 0 amide bonds. The van der Waals surface area contributed by atoms with Gasteiger partial charge in [0.25, 0.3) is 5.91 Å². The molecule has 5 nitrogen and oxygen atoms in total. The van der Waals surface area contributed by atoms with E-state index in [2.05, 4.69) is 26.0 Å². The SMILES string of the molecule is Nc1nn(C(=O)Cc2cccc(Br)c2)c2ccc(-c3cccnc3)cc12. The van der Waals surface area contributed by atoms with Crippen LogP contribution in [-0.2, 0) is 6.42 Å². The molecule has 4 aromatic rings. The highest BCUT2D eigenvalue weighted by atomic mass is 79.9. The molecule has 0 atom stereocenters. The smallest absolute Gasteiger partial charge is 0.251 e. The van der Waals surface area contributed by atoms with Crippen molar-refractivity contribution >= 4 is 38.6 Å². The standard InChI is InChI=1S/C20H15BrN4O/c21-16-5-1-3-13(9-16)10-19(26)25-18-7-6-14(11-17(18)20(22)24-25)15-4-2-8-23-12-15/h1-9,11-12H,10H2,(H2,22,24). The highest BCUT2D eigenvalue weighted by molar-refractivity contribution is 9.10. The zero-order valence-corrected chi connectivity index (χ0v) is 15.3. The molecule has 6 heteroatoms. The maximum atomic E-state index is 12.7. The molecule has 0 saturated heterocycles. The van der Waals surface area contributed by atoms with Gasteiger partial charge in [-0.2, -0.15) is 4.68 Å². The first-order chi connectivity index (χ1) is 12.6. The number of anilines is 1. The van der Waals surface area contributed by atoms with Crippen molar-refractivity contribution in [2.45, 2.75) is 6.42 Å². The van der Waals surface area contributed by atoms with E-state index in [1.807, 2.05) is 54.6 Å². The number of rotatable bonds is 3. The summed E-state index contributed by atoms with van der Waals surface area (Å²) in [5.74, 6) is 0.215. The lowest BCUT2D eigenvalue weighted by Gasteiger charge is -2.05. The normalized spacial score (nSPS) is 11.0. The minimum absolute atomic E-state index is 0.126. The molecule has 0 spiro atoms. The summed E-state index contributed by atoms with van der Waals surface area (Å²) in [5, 5.41) is 5.02. The summed E-state index contributed by atoms with van der Waals surface area (Å²) < 4.78 is 2.33. The number of hydrogen-bond donors (Lipinski definition) is 1. The quantitative estimate of drug-likeness (QED) is 0.549. The van der Waals surface area contributed by atoms with Crippen LogP contribution in [0, 0.1) is 0 Å². The molecule has 2 aromatic heterocycles. The number of benzene rings is 2. The Morgan fingerprint density at radius 1 is 1.08 bits per heavy atom. The lowest BCUT2D eigenvalue weighted by atomic mass is 10.1. The van der Waals surface area contributed by atoms with Crippen molar-refractivity contribution < 1.29 is 4.79 Å². The van der Waals surface area contributed by atoms with E-state index >= 15 is 0 Å². The van der Waals surface area contributed by atoms with Gasteiger partial charge in [0.15, 0.2) is 5.82 Å². The summed E-state index contributed by atoms with van der Waals surface area (Å²) in [4.78, 5) is 16.9. The van der Waals surface area contributed by atoms with Gasteiger partial charge in [0.2, 0.25) is 0 Å². The second kappa shape index (κ2) is 6.72. The van der Waals surface area contributed by atoms with Crippen LogP contribution >= 0.6 is 15.9 Å².